The summed E-state index contributed by atoms with van der Waals surface area (Å²) in [4.78, 5) is 14.6. The van der Waals surface area contributed by atoms with Crippen LogP contribution in [-0.4, -0.2) is 45.3 Å². The number of benzene rings is 1. The highest BCUT2D eigenvalue weighted by Crippen LogP contribution is 2.32. The van der Waals surface area contributed by atoms with Gasteiger partial charge < -0.3 is 14.2 Å². The average Bonchev–Trinajstić information content (AvgIpc) is 3.32. The summed E-state index contributed by atoms with van der Waals surface area (Å²) in [6.07, 6.45) is 2.70. The molecule has 1 fully saturated rings. The van der Waals surface area contributed by atoms with Crippen molar-refractivity contribution < 1.29 is 13.7 Å². The number of likely N-dealkylation sites (tertiary alicyclic amines) is 1. The maximum atomic E-state index is 13.4. The second-order valence-electron chi connectivity index (χ2n) is 6.26. The van der Waals surface area contributed by atoms with Crippen LogP contribution in [0.25, 0.3) is 11.0 Å². The maximum Gasteiger partial charge on any atom is 0.240 e. The Bertz CT molecular complexity index is 862. The van der Waals surface area contributed by atoms with E-state index >= 15 is 0 Å². The predicted octanol–water partition coefficient (Wildman–Crippen LogP) is 2.61. The number of H-pyrrole nitrogens is 1. The summed E-state index contributed by atoms with van der Waals surface area (Å²) in [6, 6.07) is 4.75. The van der Waals surface area contributed by atoms with Crippen molar-refractivity contribution in [1.29, 1.82) is 0 Å². The van der Waals surface area contributed by atoms with Crippen LogP contribution in [0.1, 0.15) is 36.4 Å². The minimum absolute atomic E-state index is 0.143. The number of rotatable bonds is 6. The molecule has 132 valence electrons. The van der Waals surface area contributed by atoms with Crippen molar-refractivity contribution in [2.24, 2.45) is 0 Å². The van der Waals surface area contributed by atoms with Crippen molar-refractivity contribution in [3.05, 3.63) is 41.6 Å². The molecule has 2 aromatic heterocycles. The molecule has 25 heavy (non-hydrogen) atoms. The largest absolute Gasteiger partial charge is 0.384 e. The van der Waals surface area contributed by atoms with Crippen LogP contribution < -0.4 is 0 Å². The summed E-state index contributed by atoms with van der Waals surface area (Å²) in [5, 5.41) is 3.98. The molecule has 0 aliphatic carbocycles. The molecule has 0 spiro atoms. The second kappa shape index (κ2) is 6.89. The molecule has 1 saturated heterocycles. The fraction of sp³-hybridized carbons (Fsp3) is 0.471. The van der Waals surface area contributed by atoms with Gasteiger partial charge in [0.25, 0.3) is 0 Å². The molecular formula is C17H20FN5O2. The van der Waals surface area contributed by atoms with E-state index in [2.05, 4.69) is 25.0 Å². The zero-order valence-electron chi connectivity index (χ0n) is 14.0. The predicted molar refractivity (Wildman–Crippen MR) is 88.3 cm³/mol. The highest BCUT2D eigenvalue weighted by Gasteiger charge is 2.30. The van der Waals surface area contributed by atoms with Crippen molar-refractivity contribution in [2.75, 3.05) is 20.3 Å². The van der Waals surface area contributed by atoms with Crippen LogP contribution in [0.15, 0.2) is 22.7 Å². The van der Waals surface area contributed by atoms with Crippen molar-refractivity contribution in [3.63, 3.8) is 0 Å². The first-order valence-electron chi connectivity index (χ1n) is 8.42. The van der Waals surface area contributed by atoms with E-state index in [0.29, 0.717) is 31.3 Å². The first-order valence-corrected chi connectivity index (χ1v) is 8.42. The van der Waals surface area contributed by atoms with Crippen LogP contribution in [-0.2, 0) is 17.7 Å². The van der Waals surface area contributed by atoms with E-state index in [1.165, 1.54) is 12.1 Å². The number of aromatic nitrogens is 4. The molecule has 3 heterocycles. The highest BCUT2D eigenvalue weighted by molar-refractivity contribution is 5.75. The van der Waals surface area contributed by atoms with E-state index in [-0.39, 0.29) is 11.9 Å². The number of halogens is 1. The lowest BCUT2D eigenvalue weighted by Crippen LogP contribution is -2.23. The molecule has 0 radical (unpaired) electrons. The SMILES string of the molecule is COCCc1noc(CN2CCC[C@@H]2c2nc3ccc(F)cc3[nH]2)n1. The third-order valence-corrected chi connectivity index (χ3v) is 4.52. The lowest BCUT2D eigenvalue weighted by molar-refractivity contribution is 0.198. The van der Waals surface area contributed by atoms with Gasteiger partial charge in [-0.2, -0.15) is 4.98 Å². The maximum absolute atomic E-state index is 13.4. The minimum Gasteiger partial charge on any atom is -0.384 e. The van der Waals surface area contributed by atoms with Gasteiger partial charge in [0.1, 0.15) is 11.6 Å². The van der Waals surface area contributed by atoms with Gasteiger partial charge in [-0.1, -0.05) is 5.16 Å². The third kappa shape index (κ3) is 3.40. The van der Waals surface area contributed by atoms with E-state index in [1.807, 2.05) is 0 Å². The van der Waals surface area contributed by atoms with Gasteiger partial charge in [0.15, 0.2) is 5.82 Å². The van der Waals surface area contributed by atoms with Crippen molar-refractivity contribution in [2.45, 2.75) is 31.8 Å². The number of hydrogen-bond acceptors (Lipinski definition) is 6. The van der Waals surface area contributed by atoms with Gasteiger partial charge in [-0.3, -0.25) is 4.90 Å². The number of fused-ring (bicyclic) bond motifs is 1. The fourth-order valence-corrected chi connectivity index (χ4v) is 3.31. The number of imidazole rings is 1. The molecular weight excluding hydrogens is 325 g/mol. The van der Waals surface area contributed by atoms with Gasteiger partial charge in [0.2, 0.25) is 5.89 Å². The minimum atomic E-state index is -0.263. The Morgan fingerprint density at radius 2 is 2.32 bits per heavy atom. The molecule has 1 atom stereocenters. The first kappa shape index (κ1) is 16.2. The van der Waals surface area contributed by atoms with Crippen molar-refractivity contribution in [1.82, 2.24) is 25.0 Å². The zero-order chi connectivity index (χ0) is 17.2. The standard InChI is InChI=1S/C17H20FN5O2/c1-24-8-6-15-21-16(25-22-15)10-23-7-2-3-14(23)17-19-12-5-4-11(18)9-13(12)20-17/h4-5,9,14H,2-3,6-8,10H2,1H3,(H,19,20)/t14-/m1/s1. The second-order valence-corrected chi connectivity index (χ2v) is 6.26. The number of nitrogens with zero attached hydrogens (tertiary/aromatic N) is 4. The fourth-order valence-electron chi connectivity index (χ4n) is 3.31. The molecule has 4 rings (SSSR count). The Morgan fingerprint density at radius 1 is 1.40 bits per heavy atom. The van der Waals surface area contributed by atoms with Crippen molar-refractivity contribution in [3.8, 4) is 0 Å². The normalized spacial score (nSPS) is 18.4. The summed E-state index contributed by atoms with van der Waals surface area (Å²) in [7, 11) is 1.65. The number of methoxy groups -OCH3 is 1. The van der Waals surface area contributed by atoms with E-state index < -0.39 is 0 Å². The monoisotopic (exact) mass is 345 g/mol. The van der Waals surface area contributed by atoms with E-state index in [9.17, 15) is 4.39 Å². The number of aromatic amines is 1. The van der Waals surface area contributed by atoms with Gasteiger partial charge in [-0.25, -0.2) is 9.37 Å². The lowest BCUT2D eigenvalue weighted by atomic mass is 10.2. The van der Waals surface area contributed by atoms with Crippen LogP contribution in [0.4, 0.5) is 4.39 Å². The molecule has 1 aromatic carbocycles. The van der Waals surface area contributed by atoms with Crippen LogP contribution in [0.3, 0.4) is 0 Å². The summed E-state index contributed by atoms with van der Waals surface area (Å²) >= 11 is 0. The summed E-state index contributed by atoms with van der Waals surface area (Å²) in [5.41, 5.74) is 1.50. The quantitative estimate of drug-likeness (QED) is 0.740. The molecule has 0 unspecified atom stereocenters. The number of ether oxygens (including phenoxy) is 1. The Balaban J connectivity index is 1.50. The number of nitrogens with one attached hydrogen (secondary N) is 1. The molecule has 0 saturated carbocycles. The van der Waals surface area contributed by atoms with E-state index in [1.54, 1.807) is 13.2 Å². The van der Waals surface area contributed by atoms with Gasteiger partial charge in [0.05, 0.1) is 30.2 Å². The molecule has 1 aliphatic heterocycles. The van der Waals surface area contributed by atoms with Gasteiger partial charge in [-0.15, -0.1) is 0 Å². The van der Waals surface area contributed by atoms with Crippen LogP contribution in [0.5, 0.6) is 0 Å². The topological polar surface area (TPSA) is 80.1 Å². The number of hydrogen-bond donors (Lipinski definition) is 1. The molecule has 1 aliphatic rings. The van der Waals surface area contributed by atoms with Gasteiger partial charge >= 0.3 is 0 Å². The van der Waals surface area contributed by atoms with Crippen LogP contribution in [0.2, 0.25) is 0 Å². The smallest absolute Gasteiger partial charge is 0.240 e. The van der Waals surface area contributed by atoms with Crippen LogP contribution >= 0.6 is 0 Å². The molecule has 0 amide bonds. The molecule has 0 bridgehead atoms. The van der Waals surface area contributed by atoms with E-state index in [0.717, 1.165) is 36.2 Å². The summed E-state index contributed by atoms with van der Waals surface area (Å²) in [6.45, 7) is 2.09. The Hall–Kier alpha value is -2.32. The average molecular weight is 345 g/mol. The molecule has 7 nitrogen and oxygen atoms in total. The highest BCUT2D eigenvalue weighted by atomic mass is 19.1. The lowest BCUT2D eigenvalue weighted by Gasteiger charge is -2.20. The summed E-state index contributed by atoms with van der Waals surface area (Å²) in [5.74, 6) is 1.85. The third-order valence-electron chi connectivity index (χ3n) is 4.52. The van der Waals surface area contributed by atoms with Gasteiger partial charge in [-0.05, 0) is 37.6 Å². The van der Waals surface area contributed by atoms with E-state index in [4.69, 9.17) is 9.26 Å². The Labute approximate surface area is 144 Å². The summed E-state index contributed by atoms with van der Waals surface area (Å²) < 4.78 is 23.8. The molecule has 8 heteroatoms. The molecule has 3 aromatic rings. The molecule has 1 N–H and O–H groups in total. The van der Waals surface area contributed by atoms with Crippen molar-refractivity contribution >= 4 is 11.0 Å². The first-order chi connectivity index (χ1) is 12.2. The van der Waals surface area contributed by atoms with Gasteiger partial charge in [0, 0.05) is 13.5 Å². The Morgan fingerprint density at radius 3 is 3.20 bits per heavy atom. The van der Waals surface area contributed by atoms with Crippen LogP contribution in [0, 0.1) is 5.82 Å². The zero-order valence-corrected chi connectivity index (χ0v) is 14.0. The Kier molecular flexibility index (Phi) is 4.46.